The Morgan fingerprint density at radius 1 is 1.47 bits per heavy atom. The molecule has 1 aliphatic carbocycles. The maximum Gasteiger partial charge on any atom is 0.339 e. The fourth-order valence-corrected chi connectivity index (χ4v) is 1.58. The molecule has 1 fully saturated rings. The number of ether oxygens (including phenoxy) is 1. The zero-order chi connectivity index (χ0) is 10.8. The third-order valence-electron chi connectivity index (χ3n) is 2.71. The van der Waals surface area contributed by atoms with Crippen LogP contribution >= 0.6 is 0 Å². The van der Waals surface area contributed by atoms with Gasteiger partial charge in [-0.1, -0.05) is 11.6 Å². The average Bonchev–Trinajstić information content (AvgIpc) is 2.12. The van der Waals surface area contributed by atoms with Crippen molar-refractivity contribution in [1.82, 2.24) is 0 Å². The van der Waals surface area contributed by atoms with Crippen molar-refractivity contribution in [3.05, 3.63) is 29.3 Å². The van der Waals surface area contributed by atoms with E-state index in [1.54, 1.807) is 12.1 Å². The van der Waals surface area contributed by atoms with Gasteiger partial charge in [0.15, 0.2) is 0 Å². The standard InChI is InChI=1S/C12H14O3/c1-8-5-6-11(10(7-8)12(13)14)15-9-3-2-4-9/h5-7,9H,2-4H2,1H3,(H,13,14). The predicted octanol–water partition coefficient (Wildman–Crippen LogP) is 2.62. The first kappa shape index (κ1) is 10.0. The number of carbonyl (C=O) groups is 1. The molecule has 3 nitrogen and oxygen atoms in total. The van der Waals surface area contributed by atoms with Gasteiger partial charge in [-0.2, -0.15) is 0 Å². The topological polar surface area (TPSA) is 46.5 Å². The maximum atomic E-state index is 11.0. The van der Waals surface area contributed by atoms with Crippen LogP contribution in [-0.4, -0.2) is 17.2 Å². The number of hydrogen-bond acceptors (Lipinski definition) is 2. The number of aromatic carboxylic acids is 1. The molecular weight excluding hydrogens is 192 g/mol. The number of rotatable bonds is 3. The Bertz CT molecular complexity index is 380. The molecule has 1 aromatic carbocycles. The lowest BCUT2D eigenvalue weighted by atomic mass is 9.96. The number of hydrogen-bond donors (Lipinski definition) is 1. The van der Waals surface area contributed by atoms with E-state index in [0.717, 1.165) is 18.4 Å². The average molecular weight is 206 g/mol. The number of aryl methyl sites for hydroxylation is 1. The van der Waals surface area contributed by atoms with Crippen LogP contribution in [0, 0.1) is 6.92 Å². The number of carboxylic acid groups (broad SMARTS) is 1. The van der Waals surface area contributed by atoms with E-state index in [4.69, 9.17) is 9.84 Å². The van der Waals surface area contributed by atoms with Gasteiger partial charge in [-0.05, 0) is 38.3 Å². The minimum absolute atomic E-state index is 0.214. The Labute approximate surface area is 88.7 Å². The second kappa shape index (κ2) is 3.93. The normalized spacial score (nSPS) is 15.8. The lowest BCUT2D eigenvalue weighted by Crippen LogP contribution is -2.25. The van der Waals surface area contributed by atoms with Crippen molar-refractivity contribution in [3.63, 3.8) is 0 Å². The van der Waals surface area contributed by atoms with Gasteiger partial charge in [-0.3, -0.25) is 0 Å². The summed E-state index contributed by atoms with van der Waals surface area (Å²) >= 11 is 0. The molecule has 0 saturated heterocycles. The van der Waals surface area contributed by atoms with Gasteiger partial charge in [-0.25, -0.2) is 4.79 Å². The molecule has 2 rings (SSSR count). The molecular formula is C12H14O3. The van der Waals surface area contributed by atoms with Crippen LogP contribution in [0.1, 0.15) is 35.2 Å². The molecule has 0 spiro atoms. The van der Waals surface area contributed by atoms with Crippen LogP contribution in [0.25, 0.3) is 0 Å². The molecule has 0 amide bonds. The number of carboxylic acids is 1. The summed E-state index contributed by atoms with van der Waals surface area (Å²) in [6, 6.07) is 5.27. The van der Waals surface area contributed by atoms with Gasteiger partial charge >= 0.3 is 5.97 Å². The van der Waals surface area contributed by atoms with Gasteiger partial charge in [0.2, 0.25) is 0 Å². The van der Waals surface area contributed by atoms with Crippen molar-refractivity contribution in [2.75, 3.05) is 0 Å². The minimum atomic E-state index is -0.923. The molecule has 0 aliphatic heterocycles. The van der Waals surface area contributed by atoms with Gasteiger partial charge in [0.05, 0.1) is 6.10 Å². The lowest BCUT2D eigenvalue weighted by Gasteiger charge is -2.27. The van der Waals surface area contributed by atoms with Gasteiger partial charge in [-0.15, -0.1) is 0 Å². The molecule has 80 valence electrons. The van der Waals surface area contributed by atoms with Crippen LogP contribution in [0.5, 0.6) is 5.75 Å². The van der Waals surface area contributed by atoms with Crippen molar-refractivity contribution in [2.24, 2.45) is 0 Å². The van der Waals surface area contributed by atoms with E-state index in [9.17, 15) is 4.79 Å². The first-order valence-corrected chi connectivity index (χ1v) is 5.17. The van der Waals surface area contributed by atoms with E-state index in [2.05, 4.69) is 0 Å². The summed E-state index contributed by atoms with van der Waals surface area (Å²) in [5.41, 5.74) is 1.20. The second-order valence-corrected chi connectivity index (χ2v) is 3.98. The summed E-state index contributed by atoms with van der Waals surface area (Å²) in [7, 11) is 0. The summed E-state index contributed by atoms with van der Waals surface area (Å²) in [5, 5.41) is 9.01. The minimum Gasteiger partial charge on any atom is -0.490 e. The lowest BCUT2D eigenvalue weighted by molar-refractivity contribution is 0.0679. The van der Waals surface area contributed by atoms with E-state index in [1.165, 1.54) is 6.42 Å². The summed E-state index contributed by atoms with van der Waals surface area (Å²) in [6.07, 6.45) is 3.46. The largest absolute Gasteiger partial charge is 0.490 e. The third kappa shape index (κ3) is 2.12. The SMILES string of the molecule is Cc1ccc(OC2CCC2)c(C(=O)O)c1. The predicted molar refractivity (Wildman–Crippen MR) is 56.4 cm³/mol. The summed E-state index contributed by atoms with van der Waals surface area (Å²) in [4.78, 5) is 11.0. The van der Waals surface area contributed by atoms with Crippen molar-refractivity contribution >= 4 is 5.97 Å². The molecule has 15 heavy (non-hydrogen) atoms. The van der Waals surface area contributed by atoms with E-state index >= 15 is 0 Å². The quantitative estimate of drug-likeness (QED) is 0.826. The molecule has 0 radical (unpaired) electrons. The van der Waals surface area contributed by atoms with Crippen LogP contribution in [-0.2, 0) is 0 Å². The highest BCUT2D eigenvalue weighted by atomic mass is 16.5. The Kier molecular flexibility index (Phi) is 2.62. The highest BCUT2D eigenvalue weighted by Gasteiger charge is 2.21. The molecule has 1 aromatic rings. The third-order valence-corrected chi connectivity index (χ3v) is 2.71. The maximum absolute atomic E-state index is 11.0. The fourth-order valence-electron chi connectivity index (χ4n) is 1.58. The van der Waals surface area contributed by atoms with Crippen LogP contribution in [0.15, 0.2) is 18.2 Å². The number of benzene rings is 1. The first-order chi connectivity index (χ1) is 7.16. The Hall–Kier alpha value is -1.51. The zero-order valence-corrected chi connectivity index (χ0v) is 8.69. The van der Waals surface area contributed by atoms with Crippen molar-refractivity contribution in [3.8, 4) is 5.75 Å². The summed E-state index contributed by atoms with van der Waals surface area (Å²) < 4.78 is 5.62. The molecule has 1 N–H and O–H groups in total. The summed E-state index contributed by atoms with van der Waals surface area (Å²) in [6.45, 7) is 1.87. The van der Waals surface area contributed by atoms with E-state index in [1.807, 2.05) is 13.0 Å². The van der Waals surface area contributed by atoms with Crippen LogP contribution in [0.3, 0.4) is 0 Å². The van der Waals surface area contributed by atoms with Crippen LogP contribution in [0.4, 0.5) is 0 Å². The monoisotopic (exact) mass is 206 g/mol. The van der Waals surface area contributed by atoms with E-state index in [-0.39, 0.29) is 11.7 Å². The Morgan fingerprint density at radius 3 is 2.73 bits per heavy atom. The van der Waals surface area contributed by atoms with Crippen LogP contribution in [0.2, 0.25) is 0 Å². The van der Waals surface area contributed by atoms with Gasteiger partial charge in [0.1, 0.15) is 11.3 Å². The fraction of sp³-hybridized carbons (Fsp3) is 0.417. The highest BCUT2D eigenvalue weighted by molar-refractivity contribution is 5.91. The second-order valence-electron chi connectivity index (χ2n) is 3.98. The van der Waals surface area contributed by atoms with Gasteiger partial charge in [0.25, 0.3) is 0 Å². The van der Waals surface area contributed by atoms with Gasteiger partial charge < -0.3 is 9.84 Å². The highest BCUT2D eigenvalue weighted by Crippen LogP contribution is 2.28. The summed E-state index contributed by atoms with van der Waals surface area (Å²) in [5.74, 6) is -0.425. The zero-order valence-electron chi connectivity index (χ0n) is 8.69. The Balaban J connectivity index is 2.23. The molecule has 1 aliphatic rings. The van der Waals surface area contributed by atoms with Crippen molar-refractivity contribution in [1.29, 1.82) is 0 Å². The Morgan fingerprint density at radius 2 is 2.20 bits per heavy atom. The molecule has 0 heterocycles. The molecule has 0 aromatic heterocycles. The molecule has 1 saturated carbocycles. The molecule has 3 heteroatoms. The smallest absolute Gasteiger partial charge is 0.339 e. The van der Waals surface area contributed by atoms with E-state index in [0.29, 0.717) is 5.75 Å². The van der Waals surface area contributed by atoms with Gasteiger partial charge in [0, 0.05) is 0 Å². The van der Waals surface area contributed by atoms with Crippen LogP contribution < -0.4 is 4.74 Å². The van der Waals surface area contributed by atoms with Crippen molar-refractivity contribution in [2.45, 2.75) is 32.3 Å². The van der Waals surface area contributed by atoms with E-state index < -0.39 is 5.97 Å². The van der Waals surface area contributed by atoms with Crippen molar-refractivity contribution < 1.29 is 14.6 Å². The molecule has 0 unspecified atom stereocenters. The molecule has 0 atom stereocenters. The molecule has 0 bridgehead atoms. The first-order valence-electron chi connectivity index (χ1n) is 5.17.